The van der Waals surface area contributed by atoms with Crippen LogP contribution in [0.1, 0.15) is 27.9 Å². The van der Waals surface area contributed by atoms with Crippen LogP contribution in [0.3, 0.4) is 0 Å². The van der Waals surface area contributed by atoms with Gasteiger partial charge in [0.25, 0.3) is 0 Å². The third-order valence-electron chi connectivity index (χ3n) is 4.41. The van der Waals surface area contributed by atoms with Gasteiger partial charge in [-0.05, 0) is 53.6 Å². The molecule has 3 rings (SSSR count). The summed E-state index contributed by atoms with van der Waals surface area (Å²) in [5, 5.41) is 9.54. The van der Waals surface area contributed by atoms with Gasteiger partial charge < -0.3 is 5.11 Å². The number of hydrogen-bond acceptors (Lipinski definition) is 3. The predicted molar refractivity (Wildman–Crippen MR) is 91.7 cm³/mol. The van der Waals surface area contributed by atoms with Gasteiger partial charge in [0.2, 0.25) is 10.0 Å². The third kappa shape index (κ3) is 2.83. The van der Waals surface area contributed by atoms with E-state index >= 15 is 0 Å². The summed E-state index contributed by atoms with van der Waals surface area (Å²) in [6.07, 6.45) is 3.17. The van der Waals surface area contributed by atoms with E-state index in [4.69, 9.17) is 0 Å². The predicted octanol–water partition coefficient (Wildman–Crippen LogP) is 2.79. The van der Waals surface area contributed by atoms with Crippen LogP contribution in [0.2, 0.25) is 0 Å². The van der Waals surface area contributed by atoms with Crippen molar-refractivity contribution >= 4 is 16.0 Å². The van der Waals surface area contributed by atoms with E-state index in [1.54, 1.807) is 6.07 Å². The molecule has 0 amide bonds. The molecule has 0 heterocycles. The lowest BCUT2D eigenvalue weighted by atomic mass is 9.96. The highest BCUT2D eigenvalue weighted by Crippen LogP contribution is 2.31. The summed E-state index contributed by atoms with van der Waals surface area (Å²) in [6, 6.07) is 10.2. The molecule has 1 aliphatic rings. The largest absolute Gasteiger partial charge is 0.478 e. The Morgan fingerprint density at radius 1 is 1.04 bits per heavy atom. The van der Waals surface area contributed by atoms with Crippen molar-refractivity contribution in [2.24, 2.45) is 0 Å². The topological polar surface area (TPSA) is 74.7 Å². The van der Waals surface area contributed by atoms with E-state index in [2.05, 4.69) is 0 Å². The monoisotopic (exact) mass is 345 g/mol. The fourth-order valence-corrected chi connectivity index (χ4v) is 3.99. The van der Waals surface area contributed by atoms with Crippen molar-refractivity contribution in [3.63, 3.8) is 0 Å². The van der Waals surface area contributed by atoms with Gasteiger partial charge in [0.1, 0.15) is 0 Å². The molecule has 5 nitrogen and oxygen atoms in total. The number of benzene rings is 2. The average Bonchev–Trinajstić information content (AvgIpc) is 3.01. The van der Waals surface area contributed by atoms with Gasteiger partial charge in [-0.25, -0.2) is 17.5 Å². The molecule has 0 saturated heterocycles. The van der Waals surface area contributed by atoms with Gasteiger partial charge >= 0.3 is 5.97 Å². The van der Waals surface area contributed by atoms with E-state index in [0.717, 1.165) is 29.1 Å². The number of carboxylic acids is 1. The van der Waals surface area contributed by atoms with E-state index in [0.29, 0.717) is 5.56 Å². The van der Waals surface area contributed by atoms with Crippen molar-refractivity contribution in [2.45, 2.75) is 24.2 Å². The zero-order chi connectivity index (χ0) is 17.5. The third-order valence-corrected chi connectivity index (χ3v) is 6.22. The van der Waals surface area contributed by atoms with Crippen LogP contribution in [-0.4, -0.2) is 37.9 Å². The molecule has 1 aliphatic carbocycles. The minimum Gasteiger partial charge on any atom is -0.478 e. The maximum Gasteiger partial charge on any atom is 0.336 e. The molecule has 2 aromatic carbocycles. The summed E-state index contributed by atoms with van der Waals surface area (Å²) in [5.74, 6) is -1.14. The lowest BCUT2D eigenvalue weighted by Gasteiger charge is -2.14. The molecule has 0 aliphatic heterocycles. The van der Waals surface area contributed by atoms with Crippen molar-refractivity contribution < 1.29 is 18.3 Å². The quantitative estimate of drug-likeness (QED) is 0.925. The second-order valence-corrected chi connectivity index (χ2v) is 8.29. The maximum absolute atomic E-state index is 12.2. The maximum atomic E-state index is 12.2. The van der Waals surface area contributed by atoms with Crippen molar-refractivity contribution in [3.8, 4) is 11.1 Å². The fourth-order valence-electron chi connectivity index (χ4n) is 3.06. The van der Waals surface area contributed by atoms with Gasteiger partial charge in [0, 0.05) is 14.1 Å². The molecule has 0 spiro atoms. The van der Waals surface area contributed by atoms with E-state index in [9.17, 15) is 18.3 Å². The average molecular weight is 345 g/mol. The van der Waals surface area contributed by atoms with Crippen LogP contribution >= 0.6 is 0 Å². The molecule has 6 heteroatoms. The van der Waals surface area contributed by atoms with Crippen LogP contribution in [0.4, 0.5) is 0 Å². The molecule has 24 heavy (non-hydrogen) atoms. The first-order valence-electron chi connectivity index (χ1n) is 7.73. The Morgan fingerprint density at radius 3 is 2.42 bits per heavy atom. The van der Waals surface area contributed by atoms with Gasteiger partial charge in [0.05, 0.1) is 10.5 Å². The smallest absolute Gasteiger partial charge is 0.336 e. The molecule has 1 N–H and O–H groups in total. The lowest BCUT2D eigenvalue weighted by Crippen LogP contribution is -2.22. The highest BCUT2D eigenvalue weighted by atomic mass is 32.2. The van der Waals surface area contributed by atoms with Crippen molar-refractivity contribution in [3.05, 3.63) is 53.1 Å². The Labute approximate surface area is 141 Å². The Hall–Kier alpha value is -2.18. The molecular weight excluding hydrogens is 326 g/mol. The van der Waals surface area contributed by atoms with Gasteiger partial charge in [0.15, 0.2) is 0 Å². The zero-order valence-electron chi connectivity index (χ0n) is 13.6. The summed E-state index contributed by atoms with van der Waals surface area (Å²) in [6.45, 7) is 0. The molecule has 0 atom stereocenters. The molecule has 126 valence electrons. The van der Waals surface area contributed by atoms with E-state index in [1.807, 2.05) is 18.2 Å². The van der Waals surface area contributed by atoms with Crippen LogP contribution in [-0.2, 0) is 22.9 Å². The van der Waals surface area contributed by atoms with Crippen LogP contribution < -0.4 is 0 Å². The van der Waals surface area contributed by atoms with Crippen LogP contribution in [0, 0.1) is 0 Å². The van der Waals surface area contributed by atoms with Crippen LogP contribution in [0.15, 0.2) is 41.3 Å². The van der Waals surface area contributed by atoms with Crippen molar-refractivity contribution in [2.75, 3.05) is 14.1 Å². The number of carbonyl (C=O) groups is 1. The summed E-state index contributed by atoms with van der Waals surface area (Å²) >= 11 is 0. The first-order valence-corrected chi connectivity index (χ1v) is 9.17. The molecule has 0 aromatic heterocycles. The van der Waals surface area contributed by atoms with Gasteiger partial charge in [-0.15, -0.1) is 0 Å². The van der Waals surface area contributed by atoms with Crippen molar-refractivity contribution in [1.82, 2.24) is 4.31 Å². The first-order chi connectivity index (χ1) is 11.3. The Bertz CT molecular complexity index is 917. The highest BCUT2D eigenvalue weighted by molar-refractivity contribution is 7.89. The van der Waals surface area contributed by atoms with Gasteiger partial charge in [-0.2, -0.15) is 0 Å². The molecule has 2 aromatic rings. The Balaban J connectivity index is 2.14. The summed E-state index contributed by atoms with van der Waals surface area (Å²) in [5.41, 5.74) is 3.89. The molecule has 0 fully saturated rings. The highest BCUT2D eigenvalue weighted by Gasteiger charge is 2.22. The molecular formula is C18H19NO4S. The number of aromatic carboxylic acids is 1. The van der Waals surface area contributed by atoms with E-state index in [-0.39, 0.29) is 10.5 Å². The number of nitrogens with zero attached hydrogens (tertiary/aromatic N) is 1. The molecule has 0 saturated carbocycles. The number of hydrogen-bond donors (Lipinski definition) is 1. The lowest BCUT2D eigenvalue weighted by molar-refractivity contribution is 0.0697. The van der Waals surface area contributed by atoms with Gasteiger partial charge in [-0.3, -0.25) is 0 Å². The normalized spacial score (nSPS) is 14.0. The number of aryl methyl sites for hydroxylation is 2. The molecule has 0 bridgehead atoms. The van der Waals surface area contributed by atoms with Crippen LogP contribution in [0.5, 0.6) is 0 Å². The minimum absolute atomic E-state index is 0.00382. The summed E-state index contributed by atoms with van der Waals surface area (Å²) in [7, 11) is -0.830. The van der Waals surface area contributed by atoms with Gasteiger partial charge in [-0.1, -0.05) is 24.3 Å². The van der Waals surface area contributed by atoms with Crippen molar-refractivity contribution in [1.29, 1.82) is 0 Å². The number of sulfonamides is 1. The second-order valence-electron chi connectivity index (χ2n) is 6.14. The summed E-state index contributed by atoms with van der Waals surface area (Å²) in [4.78, 5) is 11.7. The standard InChI is InChI=1S/C18H19NO4S/c1-19(2)24(22,23)15-8-9-16(17(11-15)18(20)21)14-7-6-12-4-3-5-13(12)10-14/h6-11H,3-5H2,1-2H3,(H,20,21). The molecule has 0 radical (unpaired) electrons. The summed E-state index contributed by atoms with van der Waals surface area (Å²) < 4.78 is 25.6. The SMILES string of the molecule is CN(C)S(=O)(=O)c1ccc(-c2ccc3c(c2)CCC3)c(C(=O)O)c1. The Kier molecular flexibility index (Phi) is 4.19. The second kappa shape index (κ2) is 6.03. The Morgan fingerprint density at radius 2 is 1.75 bits per heavy atom. The number of carboxylic acid groups (broad SMARTS) is 1. The minimum atomic E-state index is -3.67. The van der Waals surface area contributed by atoms with Crippen LogP contribution in [0.25, 0.3) is 11.1 Å². The number of fused-ring (bicyclic) bond motifs is 1. The van der Waals surface area contributed by atoms with E-state index < -0.39 is 16.0 Å². The van der Waals surface area contributed by atoms with E-state index in [1.165, 1.54) is 37.4 Å². The number of rotatable bonds is 4. The zero-order valence-corrected chi connectivity index (χ0v) is 14.4. The fraction of sp³-hybridized carbons (Fsp3) is 0.278. The first kappa shape index (κ1) is 16.7. The molecule has 0 unspecified atom stereocenters.